The summed E-state index contributed by atoms with van der Waals surface area (Å²) >= 11 is 0. The summed E-state index contributed by atoms with van der Waals surface area (Å²) in [5.41, 5.74) is 0. The van der Waals surface area contributed by atoms with Crippen molar-refractivity contribution in [2.45, 2.75) is 26.8 Å². The molecule has 104 valence electrons. The predicted octanol–water partition coefficient (Wildman–Crippen LogP) is 1.21. The lowest BCUT2D eigenvalue weighted by Crippen LogP contribution is -2.24. The first kappa shape index (κ1) is 18.9. The van der Waals surface area contributed by atoms with Gasteiger partial charge in [-0.1, -0.05) is 19.7 Å². The number of rotatable bonds is 7. The van der Waals surface area contributed by atoms with E-state index >= 15 is 0 Å². The van der Waals surface area contributed by atoms with Crippen LogP contribution in [0.15, 0.2) is 37.0 Å². The van der Waals surface area contributed by atoms with E-state index in [4.69, 9.17) is 18.4 Å². The number of carboxylic acids is 1. The smallest absolute Gasteiger partial charge is 0.490 e. The van der Waals surface area contributed by atoms with Crippen molar-refractivity contribution in [3.63, 3.8) is 0 Å². The van der Waals surface area contributed by atoms with Gasteiger partial charge in [0.15, 0.2) is 0 Å². The third kappa shape index (κ3) is 16.9. The van der Waals surface area contributed by atoms with E-state index in [0.29, 0.717) is 23.3 Å². The SMILES string of the molecule is C=C(C)O[SiH](OC(=C)C)OC(=C)C.O=C(O)C[SiH3]. The van der Waals surface area contributed by atoms with Gasteiger partial charge in [-0.15, -0.1) is 0 Å². The molecule has 7 heteroatoms. The first-order chi connectivity index (χ1) is 8.18. The number of carbonyl (C=O) groups is 1. The summed E-state index contributed by atoms with van der Waals surface area (Å²) in [6.07, 6.45) is 0. The molecule has 0 amide bonds. The summed E-state index contributed by atoms with van der Waals surface area (Å²) in [6, 6.07) is 0.361. The predicted molar refractivity (Wildman–Crippen MR) is 77.2 cm³/mol. The highest BCUT2D eigenvalue weighted by Crippen LogP contribution is 2.07. The van der Waals surface area contributed by atoms with Gasteiger partial charge in [0.2, 0.25) is 0 Å². The van der Waals surface area contributed by atoms with E-state index in [9.17, 15) is 4.79 Å². The molecular formula is C11H22O5Si2. The van der Waals surface area contributed by atoms with Crippen LogP contribution in [0.5, 0.6) is 0 Å². The molecule has 0 aromatic rings. The lowest BCUT2D eigenvalue weighted by Gasteiger charge is -2.18. The Hall–Kier alpha value is -1.48. The van der Waals surface area contributed by atoms with Gasteiger partial charge in [0.05, 0.1) is 17.3 Å². The Kier molecular flexibility index (Phi) is 11.2. The van der Waals surface area contributed by atoms with Crippen molar-refractivity contribution in [3.8, 4) is 0 Å². The zero-order chi connectivity index (χ0) is 14.7. The summed E-state index contributed by atoms with van der Waals surface area (Å²) in [4.78, 5) is 9.40. The first-order valence-electron chi connectivity index (χ1n) is 5.37. The number of aliphatic carboxylic acids is 1. The molecule has 18 heavy (non-hydrogen) atoms. The molecule has 0 atom stereocenters. The molecule has 0 spiro atoms. The lowest BCUT2D eigenvalue weighted by molar-refractivity contribution is -0.134. The summed E-state index contributed by atoms with van der Waals surface area (Å²) in [5, 5.41) is 7.76. The van der Waals surface area contributed by atoms with Crippen LogP contribution in [0.1, 0.15) is 20.8 Å². The third-order valence-electron chi connectivity index (χ3n) is 1.19. The minimum Gasteiger partial charge on any atom is -0.490 e. The topological polar surface area (TPSA) is 65.0 Å². The molecule has 0 aliphatic rings. The van der Waals surface area contributed by atoms with Crippen molar-refractivity contribution in [2.24, 2.45) is 0 Å². The minimum absolute atomic E-state index is 0.361. The number of allylic oxidation sites excluding steroid dienone is 3. The maximum atomic E-state index is 9.40. The van der Waals surface area contributed by atoms with Gasteiger partial charge >= 0.3 is 9.53 Å². The molecule has 0 fully saturated rings. The van der Waals surface area contributed by atoms with Crippen LogP contribution < -0.4 is 0 Å². The molecular weight excluding hydrogens is 268 g/mol. The quantitative estimate of drug-likeness (QED) is 0.564. The van der Waals surface area contributed by atoms with Crippen LogP contribution >= 0.6 is 0 Å². The second kappa shape index (κ2) is 10.7. The van der Waals surface area contributed by atoms with E-state index in [2.05, 4.69) is 19.7 Å². The van der Waals surface area contributed by atoms with Gasteiger partial charge in [-0.2, -0.15) is 0 Å². The molecule has 0 aliphatic heterocycles. The van der Waals surface area contributed by atoms with Gasteiger partial charge in [-0.05, 0) is 20.8 Å². The first-order valence-corrected chi connectivity index (χ1v) is 8.20. The normalized spacial score (nSPS) is 8.89. The standard InChI is InChI=1S/C9H16O3Si.C2H6O2Si/c1-7(2)10-13(11-8(3)4)12-9(5)6;3-2(4)1-5/h13H,1,3,5H2,2,4,6H3;1H2,5H3,(H,3,4). The van der Waals surface area contributed by atoms with Gasteiger partial charge in [0.1, 0.15) is 0 Å². The summed E-state index contributed by atoms with van der Waals surface area (Å²) in [7, 11) is -1.43. The molecule has 0 radical (unpaired) electrons. The summed E-state index contributed by atoms with van der Waals surface area (Å²) in [6.45, 7) is 16.0. The zero-order valence-corrected chi connectivity index (χ0v) is 14.6. The molecule has 0 saturated carbocycles. The fourth-order valence-corrected chi connectivity index (χ4v) is 1.69. The van der Waals surface area contributed by atoms with Crippen molar-refractivity contribution in [1.82, 2.24) is 0 Å². The molecule has 0 aromatic heterocycles. The maximum absolute atomic E-state index is 9.40. The monoisotopic (exact) mass is 290 g/mol. The van der Waals surface area contributed by atoms with E-state index in [0.717, 1.165) is 10.2 Å². The largest absolute Gasteiger partial charge is 0.682 e. The van der Waals surface area contributed by atoms with Gasteiger partial charge in [0.25, 0.3) is 5.97 Å². The second-order valence-corrected chi connectivity index (χ2v) is 5.49. The second-order valence-electron chi connectivity index (χ2n) is 3.50. The van der Waals surface area contributed by atoms with Crippen LogP contribution in [0.25, 0.3) is 0 Å². The van der Waals surface area contributed by atoms with Crippen molar-refractivity contribution >= 4 is 25.7 Å². The van der Waals surface area contributed by atoms with Crippen LogP contribution in [0, 0.1) is 0 Å². The maximum Gasteiger partial charge on any atom is 0.682 e. The Morgan fingerprint density at radius 3 is 1.39 bits per heavy atom. The van der Waals surface area contributed by atoms with Crippen LogP contribution in [-0.2, 0) is 18.1 Å². The van der Waals surface area contributed by atoms with Crippen LogP contribution in [0.2, 0.25) is 6.04 Å². The van der Waals surface area contributed by atoms with E-state index < -0.39 is 15.5 Å². The highest BCUT2D eigenvalue weighted by Gasteiger charge is 2.20. The van der Waals surface area contributed by atoms with Crippen molar-refractivity contribution < 1.29 is 23.2 Å². The Balaban J connectivity index is 0. The average molecular weight is 290 g/mol. The summed E-state index contributed by atoms with van der Waals surface area (Å²) < 4.78 is 15.8. The van der Waals surface area contributed by atoms with Crippen molar-refractivity contribution in [2.75, 3.05) is 0 Å². The Morgan fingerprint density at radius 2 is 1.28 bits per heavy atom. The van der Waals surface area contributed by atoms with E-state index in [1.54, 1.807) is 20.8 Å². The van der Waals surface area contributed by atoms with Crippen LogP contribution in [0.3, 0.4) is 0 Å². The fraction of sp³-hybridized carbons (Fsp3) is 0.364. The Bertz CT molecular complexity index is 277. The van der Waals surface area contributed by atoms with Gasteiger partial charge in [-0.25, -0.2) is 0 Å². The summed E-state index contributed by atoms with van der Waals surface area (Å²) in [5.74, 6) is 1.02. The molecule has 0 bridgehead atoms. The number of carboxylic acid groups (broad SMARTS) is 1. The average Bonchev–Trinajstić information content (AvgIpc) is 2.14. The van der Waals surface area contributed by atoms with Gasteiger partial charge in [-0.3, -0.25) is 4.79 Å². The number of hydrogen-bond acceptors (Lipinski definition) is 4. The molecule has 5 nitrogen and oxygen atoms in total. The van der Waals surface area contributed by atoms with Crippen LogP contribution in [-0.4, -0.2) is 30.8 Å². The molecule has 0 aromatic carbocycles. The molecule has 0 aliphatic carbocycles. The lowest BCUT2D eigenvalue weighted by atomic mass is 10.7. The highest BCUT2D eigenvalue weighted by molar-refractivity contribution is 6.37. The van der Waals surface area contributed by atoms with Gasteiger partial charge < -0.3 is 18.4 Å². The molecule has 0 rings (SSSR count). The highest BCUT2D eigenvalue weighted by atomic mass is 28.3. The zero-order valence-electron chi connectivity index (χ0n) is 11.5. The molecule has 0 unspecified atom stereocenters. The fourth-order valence-electron chi connectivity index (χ4n) is 0.565. The third-order valence-corrected chi connectivity index (χ3v) is 3.58. The Labute approximate surface area is 113 Å². The van der Waals surface area contributed by atoms with E-state index in [1.807, 2.05) is 0 Å². The van der Waals surface area contributed by atoms with E-state index in [-0.39, 0.29) is 0 Å². The Morgan fingerprint density at radius 1 is 1.06 bits per heavy atom. The molecule has 1 N–H and O–H groups in total. The number of hydrogen-bond donors (Lipinski definition) is 1. The van der Waals surface area contributed by atoms with Crippen molar-refractivity contribution in [3.05, 3.63) is 37.0 Å². The van der Waals surface area contributed by atoms with Crippen LogP contribution in [0.4, 0.5) is 0 Å². The molecule has 0 saturated heterocycles. The van der Waals surface area contributed by atoms with E-state index in [1.165, 1.54) is 0 Å². The van der Waals surface area contributed by atoms with Gasteiger partial charge in [0, 0.05) is 16.3 Å². The van der Waals surface area contributed by atoms with Crippen molar-refractivity contribution in [1.29, 1.82) is 0 Å². The minimum atomic E-state index is -2.21. The molecule has 0 heterocycles.